The number of rotatable bonds is 1. The summed E-state index contributed by atoms with van der Waals surface area (Å²) in [4.78, 5) is 24.8. The van der Waals surface area contributed by atoms with Gasteiger partial charge in [0.2, 0.25) is 0 Å². The van der Waals surface area contributed by atoms with Crippen molar-refractivity contribution in [2.45, 2.75) is 51.7 Å². The Morgan fingerprint density at radius 2 is 1.89 bits per heavy atom. The van der Waals surface area contributed by atoms with Gasteiger partial charge in [-0.1, -0.05) is 0 Å². The van der Waals surface area contributed by atoms with Gasteiger partial charge in [-0.05, 0) is 46.0 Å². The molecule has 3 atom stereocenters. The third-order valence-corrected chi connectivity index (χ3v) is 3.65. The molecule has 1 N–H and O–H groups in total. The lowest BCUT2D eigenvalue weighted by Gasteiger charge is -2.29. The molecule has 0 aromatic heterocycles. The largest absolute Gasteiger partial charge is 0.481 e. The molecule has 1 aliphatic carbocycles. The highest BCUT2D eigenvalue weighted by molar-refractivity contribution is 5.72. The zero-order valence-electron chi connectivity index (χ0n) is 11.2. The van der Waals surface area contributed by atoms with Crippen LogP contribution in [0.4, 0.5) is 4.79 Å². The Morgan fingerprint density at radius 1 is 1.22 bits per heavy atom. The Labute approximate surface area is 107 Å². The van der Waals surface area contributed by atoms with Crippen molar-refractivity contribution in [3.05, 3.63) is 0 Å². The molecule has 0 unspecified atom stereocenters. The molecule has 1 saturated carbocycles. The lowest BCUT2D eigenvalue weighted by Crippen LogP contribution is -2.40. The number of fused-ring (bicyclic) bond motifs is 2. The van der Waals surface area contributed by atoms with Crippen LogP contribution in [0.1, 0.15) is 40.0 Å². The number of hydrogen-bond acceptors (Lipinski definition) is 3. The van der Waals surface area contributed by atoms with Crippen molar-refractivity contribution >= 4 is 12.1 Å². The average molecular weight is 255 g/mol. The molecule has 0 aromatic rings. The van der Waals surface area contributed by atoms with Gasteiger partial charge in [-0.2, -0.15) is 0 Å². The second-order valence-electron chi connectivity index (χ2n) is 6.39. The summed E-state index contributed by atoms with van der Waals surface area (Å²) in [5.74, 6) is -0.728. The summed E-state index contributed by atoms with van der Waals surface area (Å²) in [6.07, 6.45) is 1.86. The van der Waals surface area contributed by atoms with E-state index in [-0.39, 0.29) is 18.1 Å². The highest BCUT2D eigenvalue weighted by Gasteiger charge is 2.44. The predicted octanol–water partition coefficient (Wildman–Crippen LogP) is 2.11. The van der Waals surface area contributed by atoms with E-state index in [0.717, 1.165) is 6.42 Å². The van der Waals surface area contributed by atoms with Crippen LogP contribution in [0.5, 0.6) is 0 Å². The second kappa shape index (κ2) is 4.44. The number of carbonyl (C=O) groups excluding carboxylic acids is 1. The van der Waals surface area contributed by atoms with Crippen LogP contribution >= 0.6 is 0 Å². The smallest absolute Gasteiger partial charge is 0.410 e. The lowest BCUT2D eigenvalue weighted by atomic mass is 9.82. The van der Waals surface area contributed by atoms with Gasteiger partial charge in [0.25, 0.3) is 0 Å². The molecule has 0 radical (unpaired) electrons. The van der Waals surface area contributed by atoms with Gasteiger partial charge in [0.1, 0.15) is 5.60 Å². The number of carboxylic acids is 1. The van der Waals surface area contributed by atoms with Gasteiger partial charge < -0.3 is 14.7 Å². The van der Waals surface area contributed by atoms with E-state index >= 15 is 0 Å². The molecule has 5 heteroatoms. The fourth-order valence-electron chi connectivity index (χ4n) is 2.98. The van der Waals surface area contributed by atoms with Crippen molar-refractivity contribution in [3.63, 3.8) is 0 Å². The zero-order valence-corrected chi connectivity index (χ0v) is 11.2. The standard InChI is InChI=1S/C13H21NO4/c1-13(2,3)18-12(17)14-7-8-4-9(11(15)16)6-10(14)5-8/h8-10H,4-7H2,1-3H3,(H,15,16)/t8-,9+,10+/m0/s1. The average Bonchev–Trinajstić information content (AvgIpc) is 2.51. The van der Waals surface area contributed by atoms with Crippen LogP contribution in [0.2, 0.25) is 0 Å². The van der Waals surface area contributed by atoms with Crippen molar-refractivity contribution < 1.29 is 19.4 Å². The van der Waals surface area contributed by atoms with Crippen LogP contribution in [-0.2, 0) is 9.53 Å². The number of hydrogen-bond donors (Lipinski definition) is 1. The number of carboxylic acid groups (broad SMARTS) is 1. The molecular formula is C13H21NO4. The summed E-state index contributed by atoms with van der Waals surface area (Å²) in [7, 11) is 0. The highest BCUT2D eigenvalue weighted by atomic mass is 16.6. The van der Waals surface area contributed by atoms with Crippen LogP contribution in [0.25, 0.3) is 0 Å². The molecule has 0 aromatic carbocycles. The van der Waals surface area contributed by atoms with Crippen molar-refractivity contribution in [2.24, 2.45) is 11.8 Å². The number of ether oxygens (including phenoxy) is 1. The fraction of sp³-hybridized carbons (Fsp3) is 0.846. The number of aliphatic carboxylic acids is 1. The maximum Gasteiger partial charge on any atom is 0.410 e. The maximum absolute atomic E-state index is 12.0. The van der Waals surface area contributed by atoms with Crippen molar-refractivity contribution in [1.82, 2.24) is 4.90 Å². The van der Waals surface area contributed by atoms with Gasteiger partial charge in [0, 0.05) is 12.6 Å². The maximum atomic E-state index is 12.0. The van der Waals surface area contributed by atoms with E-state index in [4.69, 9.17) is 9.84 Å². The molecule has 0 spiro atoms. The predicted molar refractivity (Wildman–Crippen MR) is 65.2 cm³/mol. The fourth-order valence-corrected chi connectivity index (χ4v) is 2.98. The summed E-state index contributed by atoms with van der Waals surface area (Å²) >= 11 is 0. The topological polar surface area (TPSA) is 66.8 Å². The van der Waals surface area contributed by atoms with Crippen LogP contribution in [0.3, 0.4) is 0 Å². The van der Waals surface area contributed by atoms with E-state index in [1.165, 1.54) is 0 Å². The first-order chi connectivity index (χ1) is 8.26. The molecule has 18 heavy (non-hydrogen) atoms. The van der Waals surface area contributed by atoms with Gasteiger partial charge in [-0.25, -0.2) is 4.79 Å². The van der Waals surface area contributed by atoms with E-state index in [1.807, 2.05) is 20.8 Å². The minimum Gasteiger partial charge on any atom is -0.481 e. The molecule has 1 aliphatic heterocycles. The summed E-state index contributed by atoms with van der Waals surface area (Å²) in [6.45, 7) is 6.16. The number of carbonyl (C=O) groups is 2. The van der Waals surface area contributed by atoms with Gasteiger partial charge in [0.05, 0.1) is 5.92 Å². The van der Waals surface area contributed by atoms with Crippen molar-refractivity contribution in [1.29, 1.82) is 0 Å². The summed E-state index contributed by atoms with van der Waals surface area (Å²) < 4.78 is 5.37. The van der Waals surface area contributed by atoms with E-state index in [2.05, 4.69) is 0 Å². The summed E-state index contributed by atoms with van der Waals surface area (Å²) in [5.41, 5.74) is -0.500. The molecule has 2 aliphatic rings. The first kappa shape index (κ1) is 13.2. The minimum absolute atomic E-state index is 0.0414. The quantitative estimate of drug-likeness (QED) is 0.779. The Balaban J connectivity index is 2.01. The highest BCUT2D eigenvalue weighted by Crippen LogP contribution is 2.39. The monoisotopic (exact) mass is 255 g/mol. The molecule has 102 valence electrons. The van der Waals surface area contributed by atoms with Crippen LogP contribution < -0.4 is 0 Å². The number of nitrogens with zero attached hydrogens (tertiary/aromatic N) is 1. The Kier molecular flexibility index (Phi) is 3.25. The normalized spacial score (nSPS) is 31.3. The third-order valence-electron chi connectivity index (χ3n) is 3.65. The molecule has 2 rings (SSSR count). The van der Waals surface area contributed by atoms with Crippen molar-refractivity contribution in [2.75, 3.05) is 6.54 Å². The van der Waals surface area contributed by atoms with Crippen molar-refractivity contribution in [3.8, 4) is 0 Å². The third kappa shape index (κ3) is 2.76. The van der Waals surface area contributed by atoms with Crippen LogP contribution in [0, 0.1) is 11.8 Å². The Morgan fingerprint density at radius 3 is 2.44 bits per heavy atom. The number of amides is 1. The van der Waals surface area contributed by atoms with E-state index in [9.17, 15) is 9.59 Å². The lowest BCUT2D eigenvalue weighted by molar-refractivity contribution is -0.143. The van der Waals surface area contributed by atoms with Crippen LogP contribution in [0.15, 0.2) is 0 Å². The summed E-state index contributed by atoms with van der Waals surface area (Å²) in [6, 6.07) is 0.0414. The van der Waals surface area contributed by atoms with E-state index in [0.29, 0.717) is 25.3 Å². The first-order valence-electron chi connectivity index (χ1n) is 6.48. The molecule has 1 saturated heterocycles. The minimum atomic E-state index is -0.740. The SMILES string of the molecule is CC(C)(C)OC(=O)N1C[C@H]2C[C@@H](C(=O)O)C[C@H]1C2. The molecule has 1 heterocycles. The molecule has 5 nitrogen and oxygen atoms in total. The van der Waals surface area contributed by atoms with Gasteiger partial charge in [-0.15, -0.1) is 0 Å². The molecule has 2 fully saturated rings. The Hall–Kier alpha value is -1.26. The van der Waals surface area contributed by atoms with Gasteiger partial charge in [-0.3, -0.25) is 4.79 Å². The van der Waals surface area contributed by atoms with E-state index < -0.39 is 11.6 Å². The zero-order chi connectivity index (χ0) is 13.5. The van der Waals surface area contributed by atoms with E-state index in [1.54, 1.807) is 4.90 Å². The molecular weight excluding hydrogens is 234 g/mol. The molecule has 2 bridgehead atoms. The first-order valence-corrected chi connectivity index (χ1v) is 6.48. The summed E-state index contributed by atoms with van der Waals surface area (Å²) in [5, 5.41) is 9.08. The Bertz CT molecular complexity index is 360. The van der Waals surface area contributed by atoms with Gasteiger partial charge in [0.15, 0.2) is 0 Å². The molecule has 1 amide bonds. The van der Waals surface area contributed by atoms with Gasteiger partial charge >= 0.3 is 12.1 Å². The van der Waals surface area contributed by atoms with Crippen LogP contribution in [-0.4, -0.2) is 40.3 Å². The number of likely N-dealkylation sites (tertiary alicyclic amines) is 1. The second-order valence-corrected chi connectivity index (χ2v) is 6.39.